The lowest BCUT2D eigenvalue weighted by molar-refractivity contribution is -0.140. The normalized spacial score (nSPS) is 14.9. The Morgan fingerprint density at radius 3 is 2.78 bits per heavy atom. The summed E-state index contributed by atoms with van der Waals surface area (Å²) in [5, 5.41) is 0.465. The molecule has 0 radical (unpaired) electrons. The number of aromatic nitrogens is 3. The van der Waals surface area contributed by atoms with Gasteiger partial charge in [-0.15, -0.1) is 0 Å². The molecule has 2 aromatic rings. The maximum Gasteiger partial charge on any atom is 0.305 e. The zero-order valence-electron chi connectivity index (χ0n) is 13.2. The molecule has 1 fully saturated rings. The summed E-state index contributed by atoms with van der Waals surface area (Å²) in [4.78, 5) is 37.3. The Hall–Kier alpha value is -2.44. The zero-order valence-corrected chi connectivity index (χ0v) is 13.2. The first-order chi connectivity index (χ1) is 11.2. The number of carbonyl (C=O) groups is 1. The van der Waals surface area contributed by atoms with E-state index in [2.05, 4.69) is 24.6 Å². The smallest absolute Gasteiger partial charge is 0.305 e. The topological polar surface area (TPSA) is 88.2 Å². The number of ether oxygens (including phenoxy) is 1. The number of hydrogen-bond acceptors (Lipinski definition) is 6. The molecule has 122 valence electrons. The lowest BCUT2D eigenvalue weighted by Crippen LogP contribution is -2.32. The fraction of sp³-hybridized carbons (Fsp3) is 0.500. The van der Waals surface area contributed by atoms with Gasteiger partial charge in [-0.2, -0.15) is 4.98 Å². The minimum absolute atomic E-state index is 0.178. The summed E-state index contributed by atoms with van der Waals surface area (Å²) in [6.45, 7) is 1.80. The van der Waals surface area contributed by atoms with Gasteiger partial charge in [-0.3, -0.25) is 14.6 Å². The van der Waals surface area contributed by atoms with Crippen LogP contribution in [0.3, 0.4) is 0 Å². The van der Waals surface area contributed by atoms with E-state index in [9.17, 15) is 9.59 Å². The van der Waals surface area contributed by atoms with Crippen LogP contribution in [0, 0.1) is 0 Å². The number of H-pyrrole nitrogens is 1. The van der Waals surface area contributed by atoms with Crippen LogP contribution in [0.5, 0.6) is 0 Å². The van der Waals surface area contributed by atoms with E-state index in [4.69, 9.17) is 0 Å². The van der Waals surface area contributed by atoms with E-state index in [1.54, 1.807) is 12.1 Å². The standard InChI is InChI=1S/C16H20N4O3/c1-23-13(21)8-6-11-5-7-12-14(17-11)18-16(19-15(12)22)20-9-3-2-4-10-20/h5,7H,2-4,6,8-10H2,1H3,(H,17,18,19,22). The molecular formula is C16H20N4O3. The van der Waals surface area contributed by atoms with Crippen molar-refractivity contribution < 1.29 is 9.53 Å². The second-order valence-electron chi connectivity index (χ2n) is 5.69. The van der Waals surface area contributed by atoms with Crippen LogP contribution in [-0.2, 0) is 16.0 Å². The van der Waals surface area contributed by atoms with Crippen LogP contribution < -0.4 is 10.5 Å². The Morgan fingerprint density at radius 1 is 1.26 bits per heavy atom. The molecule has 0 amide bonds. The van der Waals surface area contributed by atoms with E-state index >= 15 is 0 Å². The molecule has 1 saturated heterocycles. The summed E-state index contributed by atoms with van der Waals surface area (Å²) in [7, 11) is 1.36. The van der Waals surface area contributed by atoms with Crippen molar-refractivity contribution in [2.24, 2.45) is 0 Å². The molecule has 7 heteroatoms. The summed E-state index contributed by atoms with van der Waals surface area (Å²) in [5.41, 5.74) is 0.977. The van der Waals surface area contributed by atoms with Crippen molar-refractivity contribution in [2.45, 2.75) is 32.1 Å². The highest BCUT2D eigenvalue weighted by Gasteiger charge is 2.15. The molecule has 0 saturated carbocycles. The maximum absolute atomic E-state index is 12.2. The van der Waals surface area contributed by atoms with Crippen LogP contribution in [0.2, 0.25) is 0 Å². The molecule has 0 aliphatic carbocycles. The molecule has 0 unspecified atom stereocenters. The molecule has 1 N–H and O–H groups in total. The third kappa shape index (κ3) is 3.49. The van der Waals surface area contributed by atoms with Crippen LogP contribution >= 0.6 is 0 Å². The van der Waals surface area contributed by atoms with Crippen LogP contribution in [-0.4, -0.2) is 41.1 Å². The summed E-state index contributed by atoms with van der Waals surface area (Å²) in [5.74, 6) is 0.305. The lowest BCUT2D eigenvalue weighted by Gasteiger charge is -2.26. The third-order valence-electron chi connectivity index (χ3n) is 4.08. The molecule has 3 rings (SSSR count). The minimum Gasteiger partial charge on any atom is -0.469 e. The molecule has 2 aromatic heterocycles. The lowest BCUT2D eigenvalue weighted by atomic mass is 10.1. The Bertz CT molecular complexity index is 765. The number of carbonyl (C=O) groups excluding carboxylic acids is 1. The van der Waals surface area contributed by atoms with Crippen molar-refractivity contribution in [3.63, 3.8) is 0 Å². The van der Waals surface area contributed by atoms with E-state index in [0.717, 1.165) is 31.6 Å². The number of fused-ring (bicyclic) bond motifs is 1. The van der Waals surface area contributed by atoms with Gasteiger partial charge >= 0.3 is 5.97 Å². The number of nitrogens with one attached hydrogen (secondary N) is 1. The predicted octanol–water partition coefficient (Wildman–Crippen LogP) is 1.41. The van der Waals surface area contributed by atoms with Gasteiger partial charge < -0.3 is 9.64 Å². The van der Waals surface area contributed by atoms with Gasteiger partial charge in [0.15, 0.2) is 5.65 Å². The highest BCUT2D eigenvalue weighted by molar-refractivity contribution is 5.75. The summed E-state index contributed by atoms with van der Waals surface area (Å²) in [6.07, 6.45) is 4.15. The predicted molar refractivity (Wildman–Crippen MR) is 86.6 cm³/mol. The summed E-state index contributed by atoms with van der Waals surface area (Å²) in [6, 6.07) is 3.46. The van der Waals surface area contributed by atoms with E-state index in [1.165, 1.54) is 13.5 Å². The van der Waals surface area contributed by atoms with Gasteiger partial charge in [0.2, 0.25) is 5.95 Å². The van der Waals surface area contributed by atoms with Crippen LogP contribution in [0.4, 0.5) is 5.95 Å². The second-order valence-corrected chi connectivity index (χ2v) is 5.69. The number of esters is 1. The van der Waals surface area contributed by atoms with Gasteiger partial charge in [-0.1, -0.05) is 0 Å². The Labute approximate surface area is 133 Å². The number of anilines is 1. The average Bonchev–Trinajstić information content (AvgIpc) is 2.60. The van der Waals surface area contributed by atoms with Gasteiger partial charge in [0, 0.05) is 25.2 Å². The van der Waals surface area contributed by atoms with Crippen molar-refractivity contribution >= 4 is 23.0 Å². The van der Waals surface area contributed by atoms with Gasteiger partial charge in [-0.25, -0.2) is 4.98 Å². The number of methoxy groups -OCH3 is 1. The first-order valence-corrected chi connectivity index (χ1v) is 7.89. The molecule has 0 bridgehead atoms. The van der Waals surface area contributed by atoms with E-state index in [0.29, 0.717) is 23.4 Å². The number of nitrogens with zero attached hydrogens (tertiary/aromatic N) is 3. The Morgan fingerprint density at radius 2 is 2.04 bits per heavy atom. The van der Waals surface area contributed by atoms with Crippen molar-refractivity contribution in [3.8, 4) is 0 Å². The average molecular weight is 316 g/mol. The van der Waals surface area contributed by atoms with Crippen LogP contribution in [0.1, 0.15) is 31.4 Å². The van der Waals surface area contributed by atoms with Gasteiger partial charge in [0.25, 0.3) is 5.56 Å². The second kappa shape index (κ2) is 6.76. The number of pyridine rings is 1. The van der Waals surface area contributed by atoms with Crippen molar-refractivity contribution in [1.29, 1.82) is 0 Å². The van der Waals surface area contributed by atoms with E-state index in [-0.39, 0.29) is 17.9 Å². The van der Waals surface area contributed by atoms with Gasteiger partial charge in [0.1, 0.15) is 0 Å². The number of hydrogen-bond donors (Lipinski definition) is 1. The highest BCUT2D eigenvalue weighted by Crippen LogP contribution is 2.16. The molecule has 3 heterocycles. The van der Waals surface area contributed by atoms with E-state index in [1.807, 2.05) is 0 Å². The van der Waals surface area contributed by atoms with E-state index < -0.39 is 0 Å². The largest absolute Gasteiger partial charge is 0.469 e. The van der Waals surface area contributed by atoms with Crippen LogP contribution in [0.25, 0.3) is 11.0 Å². The van der Waals surface area contributed by atoms with Crippen molar-refractivity contribution in [1.82, 2.24) is 15.0 Å². The third-order valence-corrected chi connectivity index (χ3v) is 4.08. The monoisotopic (exact) mass is 316 g/mol. The first-order valence-electron chi connectivity index (χ1n) is 7.89. The summed E-state index contributed by atoms with van der Waals surface area (Å²) >= 11 is 0. The van der Waals surface area contributed by atoms with Gasteiger partial charge in [0.05, 0.1) is 18.9 Å². The minimum atomic E-state index is -0.278. The number of rotatable bonds is 4. The molecule has 0 spiro atoms. The molecule has 0 atom stereocenters. The Kier molecular flexibility index (Phi) is 4.55. The fourth-order valence-corrected chi connectivity index (χ4v) is 2.77. The molecule has 23 heavy (non-hydrogen) atoms. The molecule has 1 aliphatic heterocycles. The fourth-order valence-electron chi connectivity index (χ4n) is 2.77. The van der Waals surface area contributed by atoms with Crippen molar-refractivity contribution in [3.05, 3.63) is 28.2 Å². The first kappa shape index (κ1) is 15.5. The quantitative estimate of drug-likeness (QED) is 0.858. The number of piperidine rings is 1. The molecule has 1 aliphatic rings. The maximum atomic E-state index is 12.2. The number of aryl methyl sites for hydroxylation is 1. The molecule has 0 aromatic carbocycles. The van der Waals surface area contributed by atoms with Crippen LogP contribution in [0.15, 0.2) is 16.9 Å². The Balaban J connectivity index is 1.90. The van der Waals surface area contributed by atoms with Crippen molar-refractivity contribution in [2.75, 3.05) is 25.1 Å². The van der Waals surface area contributed by atoms with Gasteiger partial charge in [-0.05, 0) is 31.4 Å². The SMILES string of the molecule is COC(=O)CCc1ccc2c(=O)[nH]c(N3CCCCC3)nc2n1. The molecular weight excluding hydrogens is 296 g/mol. The number of aromatic amines is 1. The zero-order chi connectivity index (χ0) is 16.2. The molecule has 7 nitrogen and oxygen atoms in total. The highest BCUT2D eigenvalue weighted by atomic mass is 16.5. The summed E-state index contributed by atoms with van der Waals surface area (Å²) < 4.78 is 4.63.